The van der Waals surface area contributed by atoms with E-state index in [1.54, 1.807) is 36.4 Å². The molecule has 0 atom stereocenters. The van der Waals surface area contributed by atoms with E-state index in [0.717, 1.165) is 0 Å². The normalized spacial score (nSPS) is 11.9. The van der Waals surface area contributed by atoms with Gasteiger partial charge in [0.15, 0.2) is 9.84 Å². The van der Waals surface area contributed by atoms with Crippen LogP contribution in [0.25, 0.3) is 6.08 Å². The van der Waals surface area contributed by atoms with Gasteiger partial charge in [0.1, 0.15) is 16.7 Å². The zero-order valence-corrected chi connectivity index (χ0v) is 12.1. The van der Waals surface area contributed by atoms with Gasteiger partial charge in [-0.3, -0.25) is 0 Å². The fraction of sp³-hybridized carbons (Fsp3) is 0.133. The van der Waals surface area contributed by atoms with Crippen molar-refractivity contribution < 1.29 is 17.6 Å². The number of sulfone groups is 1. The molecule has 0 amide bonds. The Morgan fingerprint density at radius 2 is 2.05 bits per heavy atom. The lowest BCUT2D eigenvalue weighted by Gasteiger charge is -2.04. The van der Waals surface area contributed by atoms with E-state index in [-0.39, 0.29) is 10.7 Å². The number of nitrogens with zero attached hydrogens (tertiary/aromatic N) is 1. The maximum atomic E-state index is 12.3. The standard InChI is InChI=1S/C15H13NO4S/c1-19-14-4-2-12(3-5-14)11-21(17,18)15(9-16)8-13-6-7-20-10-13/h2-8,10H,11H2,1H3. The first-order valence-electron chi connectivity index (χ1n) is 6.05. The number of ether oxygens (including phenoxy) is 1. The molecule has 6 heteroatoms. The number of hydrogen-bond acceptors (Lipinski definition) is 5. The van der Waals surface area contributed by atoms with Crippen molar-refractivity contribution in [1.82, 2.24) is 0 Å². The van der Waals surface area contributed by atoms with Crippen LogP contribution in [0.4, 0.5) is 0 Å². The molecule has 0 N–H and O–H groups in total. The summed E-state index contributed by atoms with van der Waals surface area (Å²) in [4.78, 5) is -0.292. The molecule has 1 aromatic heterocycles. The first-order chi connectivity index (χ1) is 10.0. The first kappa shape index (κ1) is 14.9. The Balaban J connectivity index is 2.26. The summed E-state index contributed by atoms with van der Waals surface area (Å²) < 4.78 is 34.4. The van der Waals surface area contributed by atoms with E-state index in [1.165, 1.54) is 25.7 Å². The van der Waals surface area contributed by atoms with Gasteiger partial charge in [0, 0.05) is 5.56 Å². The summed E-state index contributed by atoms with van der Waals surface area (Å²) in [6, 6.07) is 9.98. The maximum absolute atomic E-state index is 12.3. The van der Waals surface area contributed by atoms with E-state index >= 15 is 0 Å². The number of nitriles is 1. The predicted molar refractivity (Wildman–Crippen MR) is 77.9 cm³/mol. The molecule has 0 fully saturated rings. The van der Waals surface area contributed by atoms with E-state index in [9.17, 15) is 8.42 Å². The highest BCUT2D eigenvalue weighted by Crippen LogP contribution is 2.19. The van der Waals surface area contributed by atoms with Gasteiger partial charge in [-0.25, -0.2) is 8.42 Å². The van der Waals surface area contributed by atoms with Crippen molar-refractivity contribution in [3.63, 3.8) is 0 Å². The van der Waals surface area contributed by atoms with Crippen LogP contribution in [0, 0.1) is 11.3 Å². The van der Waals surface area contributed by atoms with Crippen LogP contribution >= 0.6 is 0 Å². The average molecular weight is 303 g/mol. The monoisotopic (exact) mass is 303 g/mol. The van der Waals surface area contributed by atoms with Gasteiger partial charge in [0.2, 0.25) is 0 Å². The van der Waals surface area contributed by atoms with Gasteiger partial charge in [0.25, 0.3) is 0 Å². The Bertz CT molecular complexity index is 766. The summed E-state index contributed by atoms with van der Waals surface area (Å²) >= 11 is 0. The summed E-state index contributed by atoms with van der Waals surface area (Å²) in [5.41, 5.74) is 1.12. The average Bonchev–Trinajstić information content (AvgIpc) is 2.98. The van der Waals surface area contributed by atoms with Crippen molar-refractivity contribution in [1.29, 1.82) is 5.26 Å². The summed E-state index contributed by atoms with van der Waals surface area (Å²) in [6.07, 6.45) is 4.08. The van der Waals surface area contributed by atoms with E-state index in [2.05, 4.69) is 0 Å². The molecule has 0 aliphatic carbocycles. The van der Waals surface area contributed by atoms with Crippen LogP contribution in [0.2, 0.25) is 0 Å². The quantitative estimate of drug-likeness (QED) is 0.793. The number of hydrogen-bond donors (Lipinski definition) is 0. The minimum absolute atomic E-state index is 0.242. The molecule has 0 saturated carbocycles. The third kappa shape index (κ3) is 3.74. The summed E-state index contributed by atoms with van der Waals surface area (Å²) in [5.74, 6) is 0.402. The molecule has 0 saturated heterocycles. The SMILES string of the molecule is COc1ccc(CS(=O)(=O)C(C#N)=Cc2ccoc2)cc1. The van der Waals surface area contributed by atoms with Crippen LogP contribution in [0.5, 0.6) is 5.75 Å². The molecule has 5 nitrogen and oxygen atoms in total. The molecule has 2 aromatic rings. The number of furan rings is 1. The molecule has 21 heavy (non-hydrogen) atoms. The van der Waals surface area contributed by atoms with Gasteiger partial charge in [-0.2, -0.15) is 5.26 Å². The summed E-state index contributed by atoms with van der Waals surface area (Å²) in [5, 5.41) is 9.07. The largest absolute Gasteiger partial charge is 0.497 e. The number of benzene rings is 1. The molecule has 1 aromatic carbocycles. The third-order valence-electron chi connectivity index (χ3n) is 2.80. The zero-order chi connectivity index (χ0) is 15.3. The van der Waals surface area contributed by atoms with Gasteiger partial charge in [-0.1, -0.05) is 12.1 Å². The topological polar surface area (TPSA) is 80.3 Å². The van der Waals surface area contributed by atoms with Gasteiger partial charge in [-0.05, 0) is 29.8 Å². The predicted octanol–water partition coefficient (Wildman–Crippen LogP) is 2.77. The highest BCUT2D eigenvalue weighted by molar-refractivity contribution is 7.95. The van der Waals surface area contributed by atoms with E-state index < -0.39 is 9.84 Å². The minimum atomic E-state index is -3.70. The molecule has 2 rings (SSSR count). The highest BCUT2D eigenvalue weighted by atomic mass is 32.2. The molecule has 0 unspecified atom stereocenters. The van der Waals surface area contributed by atoms with Crippen LogP contribution in [0.3, 0.4) is 0 Å². The van der Waals surface area contributed by atoms with Gasteiger partial charge in [0.05, 0.1) is 25.4 Å². The molecular formula is C15H13NO4S. The molecule has 0 radical (unpaired) electrons. The lowest BCUT2D eigenvalue weighted by molar-refractivity contribution is 0.414. The molecule has 108 valence electrons. The second-order valence-electron chi connectivity index (χ2n) is 4.28. The maximum Gasteiger partial charge on any atom is 0.192 e. The van der Waals surface area contributed by atoms with E-state index in [0.29, 0.717) is 16.9 Å². The third-order valence-corrected chi connectivity index (χ3v) is 4.39. The molecule has 1 heterocycles. The van der Waals surface area contributed by atoms with Gasteiger partial charge < -0.3 is 9.15 Å². The van der Waals surface area contributed by atoms with Crippen molar-refractivity contribution >= 4 is 15.9 Å². The second kappa shape index (κ2) is 6.29. The van der Waals surface area contributed by atoms with Crippen LogP contribution in [-0.2, 0) is 15.6 Å². The number of rotatable bonds is 5. The van der Waals surface area contributed by atoms with Crippen molar-refractivity contribution in [2.45, 2.75) is 5.75 Å². The number of allylic oxidation sites excluding steroid dienone is 1. The Hall–Kier alpha value is -2.52. The Kier molecular flexibility index (Phi) is 4.45. The van der Waals surface area contributed by atoms with Crippen molar-refractivity contribution in [3.05, 3.63) is 58.9 Å². The zero-order valence-electron chi connectivity index (χ0n) is 11.3. The lowest BCUT2D eigenvalue weighted by atomic mass is 10.2. The Morgan fingerprint density at radius 1 is 1.33 bits per heavy atom. The van der Waals surface area contributed by atoms with Crippen molar-refractivity contribution in [3.8, 4) is 11.8 Å². The molecular weight excluding hydrogens is 290 g/mol. The second-order valence-corrected chi connectivity index (χ2v) is 6.24. The smallest absolute Gasteiger partial charge is 0.192 e. The Morgan fingerprint density at radius 3 is 2.57 bits per heavy atom. The fourth-order valence-electron chi connectivity index (χ4n) is 1.72. The van der Waals surface area contributed by atoms with Crippen LogP contribution < -0.4 is 4.74 Å². The minimum Gasteiger partial charge on any atom is -0.497 e. The van der Waals surface area contributed by atoms with Crippen molar-refractivity contribution in [2.75, 3.05) is 7.11 Å². The molecule has 0 bridgehead atoms. The fourth-order valence-corrected chi connectivity index (χ4v) is 2.96. The van der Waals surface area contributed by atoms with Crippen LogP contribution in [-0.4, -0.2) is 15.5 Å². The highest BCUT2D eigenvalue weighted by Gasteiger charge is 2.18. The van der Waals surface area contributed by atoms with Gasteiger partial charge in [-0.15, -0.1) is 0 Å². The van der Waals surface area contributed by atoms with Gasteiger partial charge >= 0.3 is 0 Å². The Labute approximate surface area is 123 Å². The van der Waals surface area contributed by atoms with Crippen LogP contribution in [0.1, 0.15) is 11.1 Å². The molecule has 0 aliphatic rings. The van der Waals surface area contributed by atoms with E-state index in [4.69, 9.17) is 14.4 Å². The van der Waals surface area contributed by atoms with Crippen molar-refractivity contribution in [2.24, 2.45) is 0 Å². The summed E-state index contributed by atoms with van der Waals surface area (Å²) in [6.45, 7) is 0. The van der Waals surface area contributed by atoms with E-state index in [1.807, 2.05) is 0 Å². The van der Waals surface area contributed by atoms with Crippen LogP contribution in [0.15, 0.2) is 52.2 Å². The first-order valence-corrected chi connectivity index (χ1v) is 7.70. The summed E-state index contributed by atoms with van der Waals surface area (Å²) in [7, 11) is -2.17. The number of methoxy groups -OCH3 is 1. The molecule has 0 aliphatic heterocycles. The molecule has 0 spiro atoms. The lowest BCUT2D eigenvalue weighted by Crippen LogP contribution is -2.06.